The largest absolute Gasteiger partial charge is 0.237 e. The molecule has 1 aromatic carbocycles. The summed E-state index contributed by atoms with van der Waals surface area (Å²) in [6.45, 7) is 4.24. The normalized spacial score (nSPS) is 22.6. The van der Waals surface area contributed by atoms with Gasteiger partial charge in [0.1, 0.15) is 5.82 Å². The minimum atomic E-state index is -3.29. The molecular formula is C18H22FN3O2S. The highest BCUT2D eigenvalue weighted by molar-refractivity contribution is 7.90. The maximum atomic E-state index is 13.6. The highest BCUT2D eigenvalue weighted by Crippen LogP contribution is 2.42. The molecule has 1 saturated carbocycles. The van der Waals surface area contributed by atoms with Crippen molar-refractivity contribution in [1.82, 2.24) is 14.5 Å². The van der Waals surface area contributed by atoms with Crippen LogP contribution in [0.15, 0.2) is 30.5 Å². The van der Waals surface area contributed by atoms with Crippen molar-refractivity contribution in [3.63, 3.8) is 0 Å². The number of fused-ring (bicyclic) bond motifs is 1. The summed E-state index contributed by atoms with van der Waals surface area (Å²) < 4.78 is 43.1. The van der Waals surface area contributed by atoms with Gasteiger partial charge in [0.15, 0.2) is 0 Å². The van der Waals surface area contributed by atoms with E-state index in [1.807, 2.05) is 0 Å². The van der Waals surface area contributed by atoms with E-state index in [-0.39, 0.29) is 22.5 Å². The van der Waals surface area contributed by atoms with Gasteiger partial charge in [0.25, 0.3) is 0 Å². The molecule has 1 N–H and O–H groups in total. The van der Waals surface area contributed by atoms with Crippen LogP contribution >= 0.6 is 0 Å². The van der Waals surface area contributed by atoms with Gasteiger partial charge in [-0.05, 0) is 49.3 Å². The number of nitrogens with zero attached hydrogens (tertiary/aromatic N) is 2. The Balaban J connectivity index is 1.74. The van der Waals surface area contributed by atoms with Crippen molar-refractivity contribution in [3.8, 4) is 5.69 Å². The fourth-order valence-electron chi connectivity index (χ4n) is 3.65. The minimum Gasteiger partial charge on any atom is -0.237 e. The van der Waals surface area contributed by atoms with Gasteiger partial charge in [0.05, 0.1) is 23.2 Å². The molecule has 0 unspecified atom stereocenters. The van der Waals surface area contributed by atoms with Crippen LogP contribution in [0.3, 0.4) is 0 Å². The third-order valence-electron chi connectivity index (χ3n) is 5.00. The zero-order valence-corrected chi connectivity index (χ0v) is 15.2. The summed E-state index contributed by atoms with van der Waals surface area (Å²) in [5.41, 5.74) is 2.43. The van der Waals surface area contributed by atoms with E-state index in [1.54, 1.807) is 23.0 Å². The second-order valence-corrected chi connectivity index (χ2v) is 9.89. The van der Waals surface area contributed by atoms with E-state index in [0.29, 0.717) is 5.69 Å². The summed E-state index contributed by atoms with van der Waals surface area (Å²) in [6, 6.07) is 6.02. The van der Waals surface area contributed by atoms with Crippen LogP contribution in [0.25, 0.3) is 5.69 Å². The molecule has 5 nitrogen and oxygen atoms in total. The molecule has 2 aliphatic rings. The van der Waals surface area contributed by atoms with Crippen molar-refractivity contribution >= 4 is 10.0 Å². The third kappa shape index (κ3) is 3.22. The lowest BCUT2D eigenvalue weighted by molar-refractivity contribution is 0.268. The SMILES string of the molecule is CC1(C)Cc2c(cnn2-c2cccc(F)c2)[C@@H](NS(=O)(=O)C2CC2)C1. The van der Waals surface area contributed by atoms with Gasteiger partial charge >= 0.3 is 0 Å². The predicted octanol–water partition coefficient (Wildman–Crippen LogP) is 3.11. The van der Waals surface area contributed by atoms with Crippen LogP contribution in [0.2, 0.25) is 0 Å². The van der Waals surface area contributed by atoms with Gasteiger partial charge in [-0.15, -0.1) is 0 Å². The van der Waals surface area contributed by atoms with E-state index < -0.39 is 10.0 Å². The van der Waals surface area contributed by atoms with Gasteiger partial charge in [-0.2, -0.15) is 5.10 Å². The zero-order chi connectivity index (χ0) is 17.8. The van der Waals surface area contributed by atoms with E-state index in [0.717, 1.165) is 36.9 Å². The van der Waals surface area contributed by atoms with Crippen LogP contribution in [0, 0.1) is 11.2 Å². The Bertz CT molecular complexity index is 916. The highest BCUT2D eigenvalue weighted by Gasteiger charge is 2.41. The van der Waals surface area contributed by atoms with Crippen LogP contribution in [-0.2, 0) is 16.4 Å². The van der Waals surface area contributed by atoms with E-state index >= 15 is 0 Å². The molecule has 0 bridgehead atoms. The Morgan fingerprint density at radius 2 is 2.08 bits per heavy atom. The Morgan fingerprint density at radius 3 is 2.76 bits per heavy atom. The van der Waals surface area contributed by atoms with Crippen molar-refractivity contribution in [2.75, 3.05) is 0 Å². The van der Waals surface area contributed by atoms with E-state index in [2.05, 4.69) is 23.7 Å². The molecule has 1 aromatic heterocycles. The molecule has 0 radical (unpaired) electrons. The molecule has 2 aromatic rings. The number of nitrogens with one attached hydrogen (secondary N) is 1. The highest BCUT2D eigenvalue weighted by atomic mass is 32.2. The van der Waals surface area contributed by atoms with Crippen LogP contribution in [-0.4, -0.2) is 23.4 Å². The number of sulfonamides is 1. The van der Waals surface area contributed by atoms with Gasteiger partial charge in [-0.1, -0.05) is 19.9 Å². The van der Waals surface area contributed by atoms with Gasteiger partial charge in [-0.3, -0.25) is 0 Å². The first-order chi connectivity index (χ1) is 11.8. The molecular weight excluding hydrogens is 341 g/mol. The first kappa shape index (κ1) is 16.7. The monoisotopic (exact) mass is 363 g/mol. The number of halogens is 1. The van der Waals surface area contributed by atoms with E-state index in [4.69, 9.17) is 0 Å². The Kier molecular flexibility index (Phi) is 3.77. The maximum Gasteiger partial charge on any atom is 0.215 e. The molecule has 0 amide bonds. The summed E-state index contributed by atoms with van der Waals surface area (Å²) in [6.07, 6.45) is 4.68. The Labute approximate surface area is 147 Å². The number of hydrogen-bond donors (Lipinski definition) is 1. The Morgan fingerprint density at radius 1 is 1.32 bits per heavy atom. The molecule has 134 valence electrons. The molecule has 0 saturated heterocycles. The minimum absolute atomic E-state index is 0.0746. The van der Waals surface area contributed by atoms with Gasteiger partial charge in [0, 0.05) is 11.3 Å². The summed E-state index contributed by atoms with van der Waals surface area (Å²) in [7, 11) is -3.29. The van der Waals surface area contributed by atoms with Crippen LogP contribution < -0.4 is 4.72 Å². The number of hydrogen-bond acceptors (Lipinski definition) is 3. The molecule has 7 heteroatoms. The van der Waals surface area contributed by atoms with Crippen LogP contribution in [0.1, 0.15) is 50.4 Å². The lowest BCUT2D eigenvalue weighted by Gasteiger charge is -2.35. The van der Waals surface area contributed by atoms with E-state index in [9.17, 15) is 12.8 Å². The van der Waals surface area contributed by atoms with Crippen molar-refractivity contribution in [3.05, 3.63) is 47.5 Å². The maximum absolute atomic E-state index is 13.6. The smallest absolute Gasteiger partial charge is 0.215 e. The molecule has 1 fully saturated rings. The Hall–Kier alpha value is -1.73. The molecule has 1 atom stereocenters. The number of rotatable bonds is 4. The summed E-state index contributed by atoms with van der Waals surface area (Å²) >= 11 is 0. The number of benzene rings is 1. The molecule has 0 spiro atoms. The van der Waals surface area contributed by atoms with Gasteiger partial charge in [0.2, 0.25) is 10.0 Å². The fourth-order valence-corrected chi connectivity index (χ4v) is 5.21. The van der Waals surface area contributed by atoms with Gasteiger partial charge in [-0.25, -0.2) is 22.2 Å². The lowest BCUT2D eigenvalue weighted by Crippen LogP contribution is -2.38. The quantitative estimate of drug-likeness (QED) is 0.908. The van der Waals surface area contributed by atoms with Crippen molar-refractivity contribution in [1.29, 1.82) is 0 Å². The second kappa shape index (κ2) is 5.64. The lowest BCUT2D eigenvalue weighted by atomic mass is 9.74. The van der Waals surface area contributed by atoms with Crippen LogP contribution in [0.4, 0.5) is 4.39 Å². The number of aromatic nitrogens is 2. The van der Waals surface area contributed by atoms with Crippen LogP contribution in [0.5, 0.6) is 0 Å². The standard InChI is InChI=1S/C18H22FN3O2S/c1-18(2)9-16(21-25(23,24)14-6-7-14)15-11-20-22(17(15)10-18)13-5-3-4-12(19)8-13/h3-5,8,11,14,16,21H,6-7,9-10H2,1-2H3/t16-/m0/s1. The average molecular weight is 363 g/mol. The molecule has 4 rings (SSSR count). The molecule has 1 heterocycles. The van der Waals surface area contributed by atoms with E-state index in [1.165, 1.54) is 12.1 Å². The fraction of sp³-hybridized carbons (Fsp3) is 0.500. The third-order valence-corrected chi connectivity index (χ3v) is 6.96. The zero-order valence-electron chi connectivity index (χ0n) is 14.4. The summed E-state index contributed by atoms with van der Waals surface area (Å²) in [4.78, 5) is 0. The summed E-state index contributed by atoms with van der Waals surface area (Å²) in [5.74, 6) is -0.317. The topological polar surface area (TPSA) is 64.0 Å². The molecule has 2 aliphatic carbocycles. The molecule has 0 aliphatic heterocycles. The predicted molar refractivity (Wildman–Crippen MR) is 93.4 cm³/mol. The average Bonchev–Trinajstić information content (AvgIpc) is 3.28. The second-order valence-electron chi connectivity index (χ2n) is 7.90. The first-order valence-electron chi connectivity index (χ1n) is 8.59. The van der Waals surface area contributed by atoms with Crippen molar-refractivity contribution < 1.29 is 12.8 Å². The molecule has 25 heavy (non-hydrogen) atoms. The van der Waals surface area contributed by atoms with Gasteiger partial charge < -0.3 is 0 Å². The van der Waals surface area contributed by atoms with Crippen molar-refractivity contribution in [2.24, 2.45) is 5.41 Å². The van der Waals surface area contributed by atoms with Crippen molar-refractivity contribution in [2.45, 2.75) is 50.8 Å². The first-order valence-corrected chi connectivity index (χ1v) is 10.1. The summed E-state index contributed by atoms with van der Waals surface area (Å²) in [5, 5.41) is 4.18.